The normalized spacial score (nSPS) is 20.3. The predicted octanol–water partition coefficient (Wildman–Crippen LogP) is 0.503. The predicted molar refractivity (Wildman–Crippen MR) is 63.1 cm³/mol. The van der Waals surface area contributed by atoms with Crippen molar-refractivity contribution in [2.24, 2.45) is 16.5 Å². The van der Waals surface area contributed by atoms with Crippen LogP contribution in [0.15, 0.2) is 4.99 Å². The molecule has 0 aromatic rings. The molecule has 0 bridgehead atoms. The quantitative estimate of drug-likeness (QED) is 0.402. The van der Waals surface area contributed by atoms with Crippen molar-refractivity contribution in [3.05, 3.63) is 0 Å². The Morgan fingerprint density at radius 1 is 1.13 bits per heavy atom. The van der Waals surface area contributed by atoms with E-state index in [1.54, 1.807) is 0 Å². The van der Waals surface area contributed by atoms with Crippen LogP contribution in [0.2, 0.25) is 0 Å². The fraction of sp³-hybridized carbons (Fsp3) is 0.800. The number of nitrogens with two attached hydrogens (primary N) is 2. The van der Waals surface area contributed by atoms with E-state index in [1.807, 2.05) is 0 Å². The van der Waals surface area contributed by atoms with E-state index >= 15 is 0 Å². The molecule has 2 heterocycles. The second-order valence-electron chi connectivity index (χ2n) is 3.90. The highest BCUT2D eigenvalue weighted by molar-refractivity contribution is 5.83. The molecule has 2 rings (SSSR count). The van der Waals surface area contributed by atoms with E-state index in [9.17, 15) is 0 Å². The molecule has 0 aromatic carbocycles. The zero-order valence-corrected chi connectivity index (χ0v) is 9.21. The molecule has 15 heavy (non-hydrogen) atoms. The number of nitrogens with one attached hydrogen (secondary N) is 1. The minimum absolute atomic E-state index is 0.333. The van der Waals surface area contributed by atoms with Crippen LogP contribution < -0.4 is 11.5 Å². The molecular weight excluding hydrogens is 190 g/mol. The molecule has 86 valence electrons. The first kappa shape index (κ1) is 11.8. The molecule has 0 radical (unpaired) electrons. The van der Waals surface area contributed by atoms with Gasteiger partial charge in [0.05, 0.1) is 5.84 Å². The Morgan fingerprint density at radius 3 is 2.53 bits per heavy atom. The number of guanidine groups is 1. The molecule has 0 unspecified atom stereocenters. The van der Waals surface area contributed by atoms with Crippen LogP contribution in [0, 0.1) is 5.41 Å². The van der Waals surface area contributed by atoms with Crippen LogP contribution in [0.5, 0.6) is 0 Å². The molecule has 0 atom stereocenters. The van der Waals surface area contributed by atoms with E-state index < -0.39 is 0 Å². The minimum Gasteiger partial charge on any atom is -0.370 e. The van der Waals surface area contributed by atoms with Gasteiger partial charge in [-0.1, -0.05) is 6.42 Å². The Bertz CT molecular complexity index is 232. The fourth-order valence-corrected chi connectivity index (χ4v) is 1.94. The topological polar surface area (TPSA) is 91.5 Å². The van der Waals surface area contributed by atoms with Gasteiger partial charge >= 0.3 is 0 Å². The summed E-state index contributed by atoms with van der Waals surface area (Å²) in [6.07, 6.45) is 6.63. The summed E-state index contributed by atoms with van der Waals surface area (Å²) in [5.74, 6) is 1.06. The highest BCUT2D eigenvalue weighted by Gasteiger charge is 2.16. The summed E-state index contributed by atoms with van der Waals surface area (Å²) in [4.78, 5) is 7.04. The van der Waals surface area contributed by atoms with Crippen LogP contribution in [0.1, 0.15) is 32.1 Å². The van der Waals surface area contributed by atoms with Crippen molar-refractivity contribution < 1.29 is 0 Å². The van der Waals surface area contributed by atoms with Crippen LogP contribution in [0.4, 0.5) is 0 Å². The summed E-state index contributed by atoms with van der Waals surface area (Å²) in [6.45, 7) is 3.60. The van der Waals surface area contributed by atoms with Crippen LogP contribution in [0.25, 0.3) is 0 Å². The first-order valence-electron chi connectivity index (χ1n) is 5.58. The summed E-state index contributed by atoms with van der Waals surface area (Å²) in [6, 6.07) is 0. The van der Waals surface area contributed by atoms with Crippen molar-refractivity contribution in [3.8, 4) is 0 Å². The third-order valence-corrected chi connectivity index (χ3v) is 2.57. The Morgan fingerprint density at radius 2 is 1.80 bits per heavy atom. The highest BCUT2D eigenvalue weighted by Crippen LogP contribution is 2.15. The first-order valence-corrected chi connectivity index (χ1v) is 5.58. The molecule has 0 amide bonds. The van der Waals surface area contributed by atoms with Gasteiger partial charge in [0.25, 0.3) is 0 Å². The summed E-state index contributed by atoms with van der Waals surface area (Å²) in [5.41, 5.74) is 8.94. The van der Waals surface area contributed by atoms with E-state index in [4.69, 9.17) is 5.41 Å². The Balaban J connectivity index is 0.000000245. The molecule has 0 saturated carbocycles. The van der Waals surface area contributed by atoms with Gasteiger partial charge in [0.15, 0.2) is 5.96 Å². The molecule has 5 N–H and O–H groups in total. The van der Waals surface area contributed by atoms with Crippen molar-refractivity contribution in [1.82, 2.24) is 4.90 Å². The van der Waals surface area contributed by atoms with Crippen LogP contribution in [-0.2, 0) is 0 Å². The Hall–Kier alpha value is -1.26. The molecule has 5 heteroatoms. The van der Waals surface area contributed by atoms with Gasteiger partial charge in [-0.15, -0.1) is 0 Å². The molecule has 1 saturated heterocycles. The SMILES string of the molecule is C1CCC2=NCCCN2CC1.N=C(N)N. The van der Waals surface area contributed by atoms with Crippen LogP contribution >= 0.6 is 0 Å². The maximum atomic E-state index is 6.06. The number of hydrogen-bond donors (Lipinski definition) is 3. The van der Waals surface area contributed by atoms with Crippen molar-refractivity contribution in [2.45, 2.75) is 32.1 Å². The summed E-state index contributed by atoms with van der Waals surface area (Å²) >= 11 is 0. The lowest BCUT2D eigenvalue weighted by Crippen LogP contribution is -2.34. The summed E-state index contributed by atoms with van der Waals surface area (Å²) in [7, 11) is 0. The number of rotatable bonds is 0. The zero-order valence-electron chi connectivity index (χ0n) is 9.21. The average molecular weight is 211 g/mol. The van der Waals surface area contributed by atoms with Gasteiger partial charge in [0.1, 0.15) is 0 Å². The molecular formula is C10H21N5. The third-order valence-electron chi connectivity index (χ3n) is 2.57. The molecule has 2 aliphatic heterocycles. The number of amidine groups is 1. The Kier molecular flexibility index (Phi) is 4.93. The Labute approximate surface area is 91.0 Å². The number of hydrogen-bond acceptors (Lipinski definition) is 3. The lowest BCUT2D eigenvalue weighted by Gasteiger charge is -2.27. The van der Waals surface area contributed by atoms with E-state index in [0.717, 1.165) is 6.54 Å². The maximum Gasteiger partial charge on any atom is 0.183 e. The van der Waals surface area contributed by atoms with Crippen molar-refractivity contribution >= 4 is 11.8 Å². The second kappa shape index (κ2) is 6.27. The molecule has 1 fully saturated rings. The monoisotopic (exact) mass is 211 g/mol. The van der Waals surface area contributed by atoms with Gasteiger partial charge in [-0.25, -0.2) is 0 Å². The maximum absolute atomic E-state index is 6.06. The van der Waals surface area contributed by atoms with Crippen molar-refractivity contribution in [3.63, 3.8) is 0 Å². The molecule has 0 spiro atoms. The molecule has 2 aliphatic rings. The first-order chi connectivity index (χ1) is 7.20. The van der Waals surface area contributed by atoms with Gasteiger partial charge in [-0.3, -0.25) is 10.4 Å². The van der Waals surface area contributed by atoms with Crippen LogP contribution in [-0.4, -0.2) is 36.3 Å². The van der Waals surface area contributed by atoms with Gasteiger partial charge in [0, 0.05) is 26.1 Å². The van der Waals surface area contributed by atoms with Gasteiger partial charge in [-0.2, -0.15) is 0 Å². The lowest BCUT2D eigenvalue weighted by atomic mass is 10.2. The third kappa shape index (κ3) is 4.67. The number of nitrogens with zero attached hydrogens (tertiary/aromatic N) is 2. The molecule has 0 aliphatic carbocycles. The number of fused-ring (bicyclic) bond motifs is 1. The minimum atomic E-state index is -0.333. The van der Waals surface area contributed by atoms with Crippen molar-refractivity contribution in [1.29, 1.82) is 5.41 Å². The zero-order chi connectivity index (χ0) is 11.1. The average Bonchev–Trinajstić information content (AvgIpc) is 2.41. The molecule has 0 aromatic heterocycles. The van der Waals surface area contributed by atoms with E-state index in [0.29, 0.717) is 0 Å². The second-order valence-corrected chi connectivity index (χ2v) is 3.90. The number of aliphatic imine (C=N–C) groups is 1. The van der Waals surface area contributed by atoms with Gasteiger partial charge in [-0.05, 0) is 19.3 Å². The lowest BCUT2D eigenvalue weighted by molar-refractivity contribution is 0.391. The summed E-state index contributed by atoms with van der Waals surface area (Å²) in [5, 5.41) is 6.06. The van der Waals surface area contributed by atoms with Crippen molar-refractivity contribution in [2.75, 3.05) is 19.6 Å². The molecule has 5 nitrogen and oxygen atoms in total. The van der Waals surface area contributed by atoms with E-state index in [2.05, 4.69) is 21.4 Å². The van der Waals surface area contributed by atoms with Gasteiger partial charge in [0.2, 0.25) is 0 Å². The smallest absolute Gasteiger partial charge is 0.183 e. The van der Waals surface area contributed by atoms with E-state index in [-0.39, 0.29) is 5.96 Å². The highest BCUT2D eigenvalue weighted by atomic mass is 15.2. The largest absolute Gasteiger partial charge is 0.370 e. The van der Waals surface area contributed by atoms with Gasteiger partial charge < -0.3 is 16.4 Å². The standard InChI is InChI=1S/C9H16N2.CH5N3/c1-2-5-9-10-6-4-8-11(9)7-3-1;2-1(3)4/h1-8H2;(H5,2,3,4). The summed E-state index contributed by atoms with van der Waals surface area (Å²) < 4.78 is 0. The van der Waals surface area contributed by atoms with Crippen LogP contribution in [0.3, 0.4) is 0 Å². The van der Waals surface area contributed by atoms with E-state index in [1.165, 1.54) is 51.0 Å². The fourth-order valence-electron chi connectivity index (χ4n) is 1.94.